The van der Waals surface area contributed by atoms with Gasteiger partial charge in [-0.3, -0.25) is 0 Å². The number of fused-ring (bicyclic) bond motifs is 1. The number of methoxy groups -OCH3 is 1. The molecule has 112 valence electrons. The maximum absolute atomic E-state index is 10.4. The van der Waals surface area contributed by atoms with E-state index in [0.29, 0.717) is 32.1 Å². The van der Waals surface area contributed by atoms with E-state index in [1.165, 1.54) is 0 Å². The Morgan fingerprint density at radius 3 is 2.80 bits per heavy atom. The van der Waals surface area contributed by atoms with Crippen molar-refractivity contribution in [2.24, 2.45) is 0 Å². The number of aliphatic hydroxyl groups is 1. The molecule has 0 aromatic heterocycles. The van der Waals surface area contributed by atoms with Gasteiger partial charge in [0.1, 0.15) is 0 Å². The van der Waals surface area contributed by atoms with Crippen molar-refractivity contribution in [1.82, 2.24) is 5.32 Å². The molecule has 2 rings (SSSR count). The summed E-state index contributed by atoms with van der Waals surface area (Å²) in [6.45, 7) is 4.60. The topological polar surface area (TPSA) is 60.0 Å². The minimum atomic E-state index is -0.594. The van der Waals surface area contributed by atoms with Gasteiger partial charge in [-0.15, -0.1) is 0 Å². The average Bonchev–Trinajstić information content (AvgIpc) is 2.71. The Kier molecular flexibility index (Phi) is 5.64. The zero-order valence-electron chi connectivity index (χ0n) is 12.1. The summed E-state index contributed by atoms with van der Waals surface area (Å²) in [6.07, 6.45) is 0.283. The van der Waals surface area contributed by atoms with Gasteiger partial charge in [0.25, 0.3) is 0 Å². The Morgan fingerprint density at radius 1 is 1.30 bits per heavy atom. The highest BCUT2D eigenvalue weighted by atomic mass is 16.5. The molecule has 2 N–H and O–H groups in total. The number of nitrogens with one attached hydrogen (secondary N) is 1. The summed E-state index contributed by atoms with van der Waals surface area (Å²) in [7, 11) is 1.66. The molecule has 1 aliphatic heterocycles. The van der Waals surface area contributed by atoms with Crippen LogP contribution in [0.5, 0.6) is 11.5 Å². The highest BCUT2D eigenvalue weighted by Gasteiger charge is 2.19. The van der Waals surface area contributed by atoms with E-state index in [9.17, 15) is 5.11 Å². The van der Waals surface area contributed by atoms with E-state index in [-0.39, 0.29) is 6.04 Å². The second-order valence-corrected chi connectivity index (χ2v) is 4.94. The van der Waals surface area contributed by atoms with Crippen molar-refractivity contribution < 1.29 is 19.3 Å². The van der Waals surface area contributed by atoms with Gasteiger partial charge in [0.05, 0.1) is 25.9 Å². The molecular formula is C15H23NO4. The fourth-order valence-corrected chi connectivity index (χ4v) is 2.15. The van der Waals surface area contributed by atoms with Crippen molar-refractivity contribution in [3.8, 4) is 11.5 Å². The molecular weight excluding hydrogens is 258 g/mol. The van der Waals surface area contributed by atoms with Gasteiger partial charge in [0, 0.05) is 26.1 Å². The lowest BCUT2D eigenvalue weighted by atomic mass is 10.0. The van der Waals surface area contributed by atoms with Crippen molar-refractivity contribution in [2.75, 3.05) is 33.5 Å². The molecule has 0 saturated heterocycles. The standard InChI is InChI=1S/C15H23NO4/c1-11(16-6-9-18-2)15(17)12-4-5-13-14(10-12)20-8-3-7-19-13/h4-5,10-11,15-17H,3,6-9H2,1-2H3. The summed E-state index contributed by atoms with van der Waals surface area (Å²) in [5, 5.41) is 13.6. The van der Waals surface area contributed by atoms with Crippen molar-refractivity contribution in [2.45, 2.75) is 25.5 Å². The van der Waals surface area contributed by atoms with Crippen LogP contribution >= 0.6 is 0 Å². The zero-order chi connectivity index (χ0) is 14.4. The molecule has 0 aliphatic carbocycles. The van der Waals surface area contributed by atoms with E-state index in [1.807, 2.05) is 25.1 Å². The van der Waals surface area contributed by atoms with Crippen LogP contribution in [-0.2, 0) is 4.74 Å². The highest BCUT2D eigenvalue weighted by Crippen LogP contribution is 2.32. The normalized spacial score (nSPS) is 17.4. The lowest BCUT2D eigenvalue weighted by Crippen LogP contribution is -2.34. The van der Waals surface area contributed by atoms with Crippen LogP contribution in [0.2, 0.25) is 0 Å². The zero-order valence-corrected chi connectivity index (χ0v) is 12.1. The van der Waals surface area contributed by atoms with Gasteiger partial charge in [0.15, 0.2) is 11.5 Å². The van der Waals surface area contributed by atoms with Crippen LogP contribution in [0.1, 0.15) is 25.0 Å². The molecule has 0 bridgehead atoms. The first-order valence-corrected chi connectivity index (χ1v) is 7.02. The quantitative estimate of drug-likeness (QED) is 0.774. The first-order valence-electron chi connectivity index (χ1n) is 7.02. The maximum Gasteiger partial charge on any atom is 0.161 e. The molecule has 0 saturated carbocycles. The molecule has 0 amide bonds. The summed E-state index contributed by atoms with van der Waals surface area (Å²) < 4.78 is 16.2. The second kappa shape index (κ2) is 7.47. The van der Waals surface area contributed by atoms with Gasteiger partial charge >= 0.3 is 0 Å². The third-order valence-electron chi connectivity index (χ3n) is 3.36. The minimum absolute atomic E-state index is 0.0603. The molecule has 1 aromatic rings. The number of benzene rings is 1. The van der Waals surface area contributed by atoms with Crippen LogP contribution in [0.25, 0.3) is 0 Å². The van der Waals surface area contributed by atoms with Gasteiger partial charge < -0.3 is 24.6 Å². The summed E-state index contributed by atoms with van der Waals surface area (Å²) in [6, 6.07) is 5.54. The van der Waals surface area contributed by atoms with Crippen LogP contribution in [-0.4, -0.2) is 44.6 Å². The van der Waals surface area contributed by atoms with Gasteiger partial charge in [-0.2, -0.15) is 0 Å². The van der Waals surface area contributed by atoms with Gasteiger partial charge in [-0.05, 0) is 24.6 Å². The van der Waals surface area contributed by atoms with E-state index in [1.54, 1.807) is 7.11 Å². The van der Waals surface area contributed by atoms with Crippen LogP contribution in [0.15, 0.2) is 18.2 Å². The number of hydrogen-bond donors (Lipinski definition) is 2. The lowest BCUT2D eigenvalue weighted by molar-refractivity contribution is 0.126. The van der Waals surface area contributed by atoms with E-state index >= 15 is 0 Å². The molecule has 0 spiro atoms. The molecule has 1 heterocycles. The third kappa shape index (κ3) is 3.85. The molecule has 20 heavy (non-hydrogen) atoms. The Balaban J connectivity index is 2.02. The minimum Gasteiger partial charge on any atom is -0.490 e. The fourth-order valence-electron chi connectivity index (χ4n) is 2.15. The summed E-state index contributed by atoms with van der Waals surface area (Å²) in [5.41, 5.74) is 0.826. The maximum atomic E-state index is 10.4. The first kappa shape index (κ1) is 15.1. The van der Waals surface area contributed by atoms with Crippen LogP contribution < -0.4 is 14.8 Å². The van der Waals surface area contributed by atoms with E-state index in [2.05, 4.69) is 5.32 Å². The average molecular weight is 281 g/mol. The molecule has 0 fully saturated rings. The summed E-state index contributed by atoms with van der Waals surface area (Å²) in [4.78, 5) is 0. The van der Waals surface area contributed by atoms with Crippen molar-refractivity contribution >= 4 is 0 Å². The Bertz CT molecular complexity index is 424. The molecule has 0 radical (unpaired) electrons. The number of rotatable bonds is 6. The Labute approximate surface area is 119 Å². The molecule has 5 nitrogen and oxygen atoms in total. The number of aliphatic hydroxyl groups excluding tert-OH is 1. The largest absolute Gasteiger partial charge is 0.490 e. The molecule has 1 aliphatic rings. The number of ether oxygens (including phenoxy) is 3. The number of hydrogen-bond acceptors (Lipinski definition) is 5. The van der Waals surface area contributed by atoms with Crippen LogP contribution in [0.4, 0.5) is 0 Å². The second-order valence-electron chi connectivity index (χ2n) is 4.94. The monoisotopic (exact) mass is 281 g/mol. The fraction of sp³-hybridized carbons (Fsp3) is 0.600. The first-order chi connectivity index (χ1) is 9.72. The SMILES string of the molecule is COCCNC(C)C(O)c1ccc2c(c1)OCCCO2. The molecule has 5 heteroatoms. The van der Waals surface area contributed by atoms with E-state index in [0.717, 1.165) is 17.7 Å². The predicted octanol–water partition coefficient (Wildman–Crippen LogP) is 1.51. The van der Waals surface area contributed by atoms with Crippen molar-refractivity contribution in [1.29, 1.82) is 0 Å². The van der Waals surface area contributed by atoms with Crippen molar-refractivity contribution in [3.63, 3.8) is 0 Å². The smallest absolute Gasteiger partial charge is 0.161 e. The lowest BCUT2D eigenvalue weighted by Gasteiger charge is -2.21. The molecule has 2 atom stereocenters. The Hall–Kier alpha value is -1.30. The molecule has 1 aromatic carbocycles. The van der Waals surface area contributed by atoms with Gasteiger partial charge in [-0.1, -0.05) is 6.07 Å². The van der Waals surface area contributed by atoms with Gasteiger partial charge in [0.2, 0.25) is 0 Å². The van der Waals surface area contributed by atoms with E-state index in [4.69, 9.17) is 14.2 Å². The van der Waals surface area contributed by atoms with Gasteiger partial charge in [-0.25, -0.2) is 0 Å². The summed E-state index contributed by atoms with van der Waals surface area (Å²) in [5.74, 6) is 1.46. The van der Waals surface area contributed by atoms with Crippen LogP contribution in [0.3, 0.4) is 0 Å². The Morgan fingerprint density at radius 2 is 2.05 bits per heavy atom. The summed E-state index contributed by atoms with van der Waals surface area (Å²) >= 11 is 0. The predicted molar refractivity (Wildman–Crippen MR) is 76.3 cm³/mol. The third-order valence-corrected chi connectivity index (χ3v) is 3.36. The highest BCUT2D eigenvalue weighted by molar-refractivity contribution is 5.44. The van der Waals surface area contributed by atoms with Crippen LogP contribution in [0, 0.1) is 0 Å². The van der Waals surface area contributed by atoms with Crippen molar-refractivity contribution in [3.05, 3.63) is 23.8 Å². The van der Waals surface area contributed by atoms with E-state index < -0.39 is 6.10 Å². The molecule has 2 unspecified atom stereocenters.